The largest absolute Gasteiger partial charge is 0.336 e. The van der Waals surface area contributed by atoms with Gasteiger partial charge in [-0.25, -0.2) is 0 Å². The Labute approximate surface area is 268 Å². The van der Waals surface area contributed by atoms with E-state index in [0.29, 0.717) is 0 Å². The molecule has 0 amide bonds. The Kier molecular flexibility index (Phi) is 4.38. The fraction of sp³-hybridized carbons (Fsp3) is 0.143. The highest BCUT2D eigenvalue weighted by molar-refractivity contribution is 7.42. The molecule has 0 spiro atoms. The maximum absolute atomic E-state index is 7.69. The number of allylic oxidation sites excluding steroid dienone is 18. The number of hydrogen-bond acceptors (Lipinski definition) is 3. The van der Waals surface area contributed by atoms with E-state index in [1.54, 1.807) is 0 Å². The van der Waals surface area contributed by atoms with Gasteiger partial charge in [-0.2, -0.15) is 0 Å². The van der Waals surface area contributed by atoms with Gasteiger partial charge in [0.2, 0.25) is 0 Å². The molecule has 0 aromatic rings. The van der Waals surface area contributed by atoms with Gasteiger partial charge >= 0.3 is 8.60 Å². The Hall–Kier alpha value is -4.37. The molecule has 0 aromatic heterocycles. The van der Waals surface area contributed by atoms with E-state index in [1.165, 1.54) is 33.4 Å². The smallest absolute Gasteiger partial charge is 0.295 e. The molecule has 0 unspecified atom stereocenters. The third-order valence-electron chi connectivity index (χ3n) is 11.9. The summed E-state index contributed by atoms with van der Waals surface area (Å²) in [6, 6.07) is 0. The normalized spacial score (nSPS) is 28.9. The van der Waals surface area contributed by atoms with Crippen molar-refractivity contribution in [3.63, 3.8) is 0 Å². The minimum absolute atomic E-state index is 0.0600. The van der Waals surface area contributed by atoms with Crippen molar-refractivity contribution < 1.29 is 13.6 Å². The SMILES string of the molecule is C1=CC2=CC=C1C2C1(OP(OC2(C3C4=CC=C3C=C4)C3=CC=C2C=C3)OC2(C3C4=CC=C3C=C4)C3=CC=C2C=C3)C2=CC=C1C=C2. The number of rotatable bonds is 9. The van der Waals surface area contributed by atoms with Crippen LogP contribution in [0.15, 0.2) is 213 Å². The second-order valence-corrected chi connectivity index (χ2v) is 14.7. The van der Waals surface area contributed by atoms with E-state index < -0.39 is 25.4 Å². The van der Waals surface area contributed by atoms with Gasteiger partial charge in [-0.15, -0.1) is 0 Å². The second kappa shape index (κ2) is 8.12. The van der Waals surface area contributed by atoms with E-state index in [-0.39, 0.29) is 17.8 Å². The van der Waals surface area contributed by atoms with Crippen molar-refractivity contribution in [1.29, 1.82) is 0 Å². The molecule has 0 aromatic carbocycles. The summed E-state index contributed by atoms with van der Waals surface area (Å²) in [5, 5.41) is 0. The Morgan fingerprint density at radius 1 is 0.304 bits per heavy atom. The van der Waals surface area contributed by atoms with Gasteiger partial charge in [-0.05, 0) is 66.9 Å². The van der Waals surface area contributed by atoms with Gasteiger partial charge in [-0.1, -0.05) is 146 Å². The molecule has 4 heteroatoms. The van der Waals surface area contributed by atoms with E-state index in [0.717, 1.165) is 33.4 Å². The summed E-state index contributed by atoms with van der Waals surface area (Å²) >= 11 is 0. The summed E-state index contributed by atoms with van der Waals surface area (Å²) in [6.07, 6.45) is 53.6. The van der Waals surface area contributed by atoms with E-state index >= 15 is 0 Å². The van der Waals surface area contributed by atoms with E-state index in [4.69, 9.17) is 13.6 Å². The van der Waals surface area contributed by atoms with Crippen molar-refractivity contribution in [2.24, 2.45) is 17.8 Å². The van der Waals surface area contributed by atoms with Crippen molar-refractivity contribution in [3.8, 4) is 0 Å². The number of fused-ring (bicyclic) bond motifs is 15. The fourth-order valence-corrected chi connectivity index (χ4v) is 11.7. The molecule has 0 saturated carbocycles. The maximum Gasteiger partial charge on any atom is 0.336 e. The molecule has 12 aliphatic carbocycles. The standard InChI is InChI=1S/C42H27O3P/c1-2-26-4-3-25(1)37(26)40(31-13-14-32(40)16-15-31)43-46(44-41(33-17-18-34(41)20-19-33)38-27-5-6-28(38)8-7-27)45-42(35-21-22-36(42)24-23-35)39-29-9-10-30(39)12-11-29/h1-24,37-39H. The fourth-order valence-electron chi connectivity index (χ4n) is 9.91. The summed E-state index contributed by atoms with van der Waals surface area (Å²) in [5.74, 6) is 0.180. The van der Waals surface area contributed by atoms with Crippen LogP contribution in [0.3, 0.4) is 0 Å². The predicted molar refractivity (Wildman–Crippen MR) is 181 cm³/mol. The highest BCUT2D eigenvalue weighted by atomic mass is 31.2. The van der Waals surface area contributed by atoms with Gasteiger partial charge in [0.1, 0.15) is 16.8 Å². The first-order valence-corrected chi connectivity index (χ1v) is 17.3. The lowest BCUT2D eigenvalue weighted by molar-refractivity contribution is 0.00394. The van der Waals surface area contributed by atoms with Gasteiger partial charge in [0.15, 0.2) is 0 Å². The zero-order chi connectivity index (χ0) is 29.8. The third-order valence-corrected chi connectivity index (χ3v) is 13.2. The first-order chi connectivity index (χ1) is 22.7. The van der Waals surface area contributed by atoms with Crippen LogP contribution in [-0.4, -0.2) is 16.8 Å². The lowest BCUT2D eigenvalue weighted by Gasteiger charge is -2.46. The Morgan fingerprint density at radius 3 is 0.696 bits per heavy atom. The summed E-state index contributed by atoms with van der Waals surface area (Å²) < 4.78 is 23.1. The highest BCUT2D eigenvalue weighted by Gasteiger charge is 2.62. The zero-order valence-corrected chi connectivity index (χ0v) is 25.7. The van der Waals surface area contributed by atoms with E-state index in [9.17, 15) is 0 Å². The predicted octanol–water partition coefficient (Wildman–Crippen LogP) is 8.95. The second-order valence-electron chi connectivity index (χ2n) is 13.7. The monoisotopic (exact) mass is 610 g/mol. The van der Waals surface area contributed by atoms with Gasteiger partial charge in [0.25, 0.3) is 0 Å². The quantitative estimate of drug-likeness (QED) is 0.244. The lowest BCUT2D eigenvalue weighted by atomic mass is 9.78. The summed E-state index contributed by atoms with van der Waals surface area (Å²) in [4.78, 5) is 0. The summed E-state index contributed by atoms with van der Waals surface area (Å²) in [6.45, 7) is 0. The molecule has 46 heavy (non-hydrogen) atoms. The van der Waals surface area contributed by atoms with Crippen LogP contribution < -0.4 is 0 Å². The highest BCUT2D eigenvalue weighted by Crippen LogP contribution is 2.69. The molecule has 0 saturated heterocycles. The molecule has 0 heterocycles. The Bertz CT molecular complexity index is 1860. The molecule has 0 N–H and O–H groups in total. The molecule has 0 atom stereocenters. The molecule has 0 fully saturated rings. The van der Waals surface area contributed by atoms with Crippen LogP contribution in [0.5, 0.6) is 0 Å². The molecule has 12 aliphatic rings. The van der Waals surface area contributed by atoms with Gasteiger partial charge in [0, 0.05) is 17.8 Å². The molecule has 218 valence electrons. The van der Waals surface area contributed by atoms with Crippen molar-refractivity contribution in [2.75, 3.05) is 0 Å². The number of hydrogen-bond donors (Lipinski definition) is 0. The van der Waals surface area contributed by atoms with Crippen molar-refractivity contribution in [1.82, 2.24) is 0 Å². The van der Waals surface area contributed by atoms with Crippen LogP contribution in [0.4, 0.5) is 0 Å². The van der Waals surface area contributed by atoms with Crippen molar-refractivity contribution in [3.05, 3.63) is 213 Å². The molecule has 0 aliphatic heterocycles. The van der Waals surface area contributed by atoms with Crippen LogP contribution in [0.2, 0.25) is 0 Å². The van der Waals surface area contributed by atoms with Crippen molar-refractivity contribution >= 4 is 8.60 Å². The molecule has 12 rings (SSSR count). The minimum atomic E-state index is -1.97. The maximum atomic E-state index is 7.69. The van der Waals surface area contributed by atoms with Gasteiger partial charge in [0.05, 0.1) is 0 Å². The molecular formula is C42H27O3P. The van der Waals surface area contributed by atoms with Crippen LogP contribution in [-0.2, 0) is 13.6 Å². The average molecular weight is 611 g/mol. The molecule has 3 nitrogen and oxygen atoms in total. The minimum Gasteiger partial charge on any atom is -0.295 e. The first kappa shape index (κ1) is 24.8. The van der Waals surface area contributed by atoms with Crippen LogP contribution in [0, 0.1) is 17.8 Å². The topological polar surface area (TPSA) is 27.7 Å². The average Bonchev–Trinajstić information content (AvgIpc) is 3.95. The molecular weight excluding hydrogens is 583 g/mol. The van der Waals surface area contributed by atoms with Crippen LogP contribution >= 0.6 is 8.60 Å². The molecule has 0 radical (unpaired) electrons. The lowest BCUT2D eigenvalue weighted by Crippen LogP contribution is -2.45. The van der Waals surface area contributed by atoms with Crippen molar-refractivity contribution in [2.45, 2.75) is 16.8 Å². The Balaban J connectivity index is 1.03. The summed E-state index contributed by atoms with van der Waals surface area (Å²) in [7, 11) is -1.97. The van der Waals surface area contributed by atoms with E-state index in [2.05, 4.69) is 146 Å². The van der Waals surface area contributed by atoms with Gasteiger partial charge < -0.3 is 0 Å². The van der Waals surface area contributed by atoms with Gasteiger partial charge in [-0.3, -0.25) is 13.6 Å². The first-order valence-electron chi connectivity index (χ1n) is 16.2. The summed E-state index contributed by atoms with van der Waals surface area (Å²) in [5.41, 5.74) is 12.5. The third kappa shape index (κ3) is 2.68. The van der Waals surface area contributed by atoms with E-state index in [1.807, 2.05) is 0 Å². The molecule has 12 bridgehead atoms. The van der Waals surface area contributed by atoms with Crippen LogP contribution in [0.1, 0.15) is 0 Å². The van der Waals surface area contributed by atoms with Crippen LogP contribution in [0.25, 0.3) is 0 Å². The Morgan fingerprint density at radius 2 is 0.522 bits per heavy atom. The zero-order valence-electron chi connectivity index (χ0n) is 24.8.